The number of aryl methyl sites for hydroxylation is 1. The Morgan fingerprint density at radius 1 is 0.906 bits per heavy atom. The topological polar surface area (TPSA) is 142 Å². The van der Waals surface area contributed by atoms with Crippen molar-refractivity contribution in [3.8, 4) is 0 Å². The molecule has 32 heavy (non-hydrogen) atoms. The van der Waals surface area contributed by atoms with Gasteiger partial charge in [0.05, 0.1) is 5.56 Å². The molecule has 180 valence electrons. The first-order valence-corrected chi connectivity index (χ1v) is 11.7. The standard InChI is InChI=1S/C24H39N3O5/c25-16-9-8-14-21(18-23(29)27-32)26-22(28)15-7-5-3-1-2-4-6-11-19-12-10-13-20(17-19)24(30)31/h10,12-13,17,21,32H,1-9,11,14-16,18,25H2,(H,26,28)(H,27,29)(H,30,31)/t21-/m1/s1. The lowest BCUT2D eigenvalue weighted by atomic mass is 10.0. The monoisotopic (exact) mass is 449 g/mol. The second-order valence-electron chi connectivity index (χ2n) is 8.27. The largest absolute Gasteiger partial charge is 0.478 e. The lowest BCUT2D eigenvalue weighted by Crippen LogP contribution is -2.38. The maximum atomic E-state index is 12.2. The van der Waals surface area contributed by atoms with E-state index in [2.05, 4.69) is 5.32 Å². The van der Waals surface area contributed by atoms with E-state index in [9.17, 15) is 14.4 Å². The van der Waals surface area contributed by atoms with Crippen LogP contribution >= 0.6 is 0 Å². The van der Waals surface area contributed by atoms with E-state index in [-0.39, 0.29) is 18.4 Å². The molecule has 0 aliphatic heterocycles. The Balaban J connectivity index is 2.10. The number of amides is 2. The zero-order chi connectivity index (χ0) is 23.6. The minimum atomic E-state index is -0.890. The first kappa shape index (κ1) is 27.6. The molecule has 0 aromatic heterocycles. The maximum absolute atomic E-state index is 12.2. The highest BCUT2D eigenvalue weighted by Crippen LogP contribution is 2.13. The van der Waals surface area contributed by atoms with E-state index in [0.29, 0.717) is 24.9 Å². The van der Waals surface area contributed by atoms with Crippen molar-refractivity contribution in [1.29, 1.82) is 0 Å². The van der Waals surface area contributed by atoms with Crippen molar-refractivity contribution >= 4 is 17.8 Å². The third-order valence-electron chi connectivity index (χ3n) is 5.47. The van der Waals surface area contributed by atoms with Crippen molar-refractivity contribution in [2.24, 2.45) is 5.73 Å². The van der Waals surface area contributed by atoms with Crippen LogP contribution in [0.15, 0.2) is 24.3 Å². The smallest absolute Gasteiger partial charge is 0.335 e. The van der Waals surface area contributed by atoms with Crippen molar-refractivity contribution in [2.75, 3.05) is 6.54 Å². The molecule has 1 rings (SSSR count). The van der Waals surface area contributed by atoms with Crippen LogP contribution in [0.3, 0.4) is 0 Å². The van der Waals surface area contributed by atoms with Crippen LogP contribution in [0.4, 0.5) is 0 Å². The van der Waals surface area contributed by atoms with E-state index in [1.54, 1.807) is 23.7 Å². The fraction of sp³-hybridized carbons (Fsp3) is 0.625. The van der Waals surface area contributed by atoms with Gasteiger partial charge in [0.25, 0.3) is 0 Å². The van der Waals surface area contributed by atoms with Crippen LogP contribution in [0.1, 0.15) is 93.0 Å². The molecule has 1 atom stereocenters. The lowest BCUT2D eigenvalue weighted by Gasteiger charge is -2.17. The van der Waals surface area contributed by atoms with Gasteiger partial charge in [0.1, 0.15) is 0 Å². The second-order valence-corrected chi connectivity index (χ2v) is 8.27. The number of carboxylic acid groups (broad SMARTS) is 1. The van der Waals surface area contributed by atoms with E-state index in [4.69, 9.17) is 16.0 Å². The highest BCUT2D eigenvalue weighted by molar-refractivity contribution is 5.87. The van der Waals surface area contributed by atoms with E-state index >= 15 is 0 Å². The zero-order valence-electron chi connectivity index (χ0n) is 19.0. The van der Waals surface area contributed by atoms with Crippen LogP contribution < -0.4 is 16.5 Å². The van der Waals surface area contributed by atoms with Gasteiger partial charge >= 0.3 is 5.97 Å². The Morgan fingerprint density at radius 2 is 1.59 bits per heavy atom. The number of hydrogen-bond donors (Lipinski definition) is 5. The Labute approximate surface area is 190 Å². The molecule has 0 saturated carbocycles. The molecule has 0 aliphatic rings. The number of carbonyl (C=O) groups excluding carboxylic acids is 2. The lowest BCUT2D eigenvalue weighted by molar-refractivity contribution is -0.130. The second kappa shape index (κ2) is 17.1. The number of nitrogens with one attached hydrogen (secondary N) is 2. The fourth-order valence-corrected chi connectivity index (χ4v) is 3.69. The summed E-state index contributed by atoms with van der Waals surface area (Å²) in [4.78, 5) is 34.6. The van der Waals surface area contributed by atoms with E-state index in [1.807, 2.05) is 6.07 Å². The quantitative estimate of drug-likeness (QED) is 0.132. The summed E-state index contributed by atoms with van der Waals surface area (Å²) < 4.78 is 0. The summed E-state index contributed by atoms with van der Waals surface area (Å²) in [6.45, 7) is 0.574. The van der Waals surface area contributed by atoms with Gasteiger partial charge in [-0.25, -0.2) is 10.3 Å². The molecular weight excluding hydrogens is 410 g/mol. The molecule has 0 unspecified atom stereocenters. The van der Waals surface area contributed by atoms with E-state index < -0.39 is 11.9 Å². The van der Waals surface area contributed by atoms with Gasteiger partial charge in [0.2, 0.25) is 11.8 Å². The summed E-state index contributed by atoms with van der Waals surface area (Å²) in [5.41, 5.74) is 8.51. The average molecular weight is 450 g/mol. The first-order chi connectivity index (χ1) is 15.5. The van der Waals surface area contributed by atoms with Gasteiger partial charge in [-0.15, -0.1) is 0 Å². The number of aromatic carboxylic acids is 1. The van der Waals surface area contributed by atoms with Gasteiger partial charge in [0, 0.05) is 18.9 Å². The summed E-state index contributed by atoms with van der Waals surface area (Å²) in [7, 11) is 0. The molecule has 6 N–H and O–H groups in total. The predicted octanol–water partition coefficient (Wildman–Crippen LogP) is 3.56. The first-order valence-electron chi connectivity index (χ1n) is 11.7. The number of hydrogen-bond acceptors (Lipinski definition) is 5. The number of benzene rings is 1. The molecule has 1 aromatic rings. The average Bonchev–Trinajstić information content (AvgIpc) is 2.78. The van der Waals surface area contributed by atoms with Gasteiger partial charge in [-0.1, -0.05) is 50.7 Å². The molecular formula is C24H39N3O5. The molecule has 1 aromatic carbocycles. The number of rotatable bonds is 18. The predicted molar refractivity (Wildman–Crippen MR) is 123 cm³/mol. The van der Waals surface area contributed by atoms with Crippen LogP contribution in [-0.4, -0.2) is 40.7 Å². The molecule has 0 heterocycles. The summed E-state index contributed by atoms with van der Waals surface area (Å²) in [6, 6.07) is 6.83. The molecule has 0 spiro atoms. The molecule has 0 saturated heterocycles. The van der Waals surface area contributed by atoms with Gasteiger partial charge in [0.15, 0.2) is 0 Å². The molecule has 0 fully saturated rings. The van der Waals surface area contributed by atoms with Gasteiger partial charge in [-0.2, -0.15) is 0 Å². The van der Waals surface area contributed by atoms with Crippen LogP contribution in [0.5, 0.6) is 0 Å². The number of hydroxylamine groups is 1. The van der Waals surface area contributed by atoms with Crippen LogP contribution in [0.25, 0.3) is 0 Å². The highest BCUT2D eigenvalue weighted by atomic mass is 16.5. The molecule has 0 radical (unpaired) electrons. The van der Waals surface area contributed by atoms with Crippen molar-refractivity contribution in [2.45, 2.75) is 89.5 Å². The fourth-order valence-electron chi connectivity index (χ4n) is 3.69. The Hall–Kier alpha value is -2.45. The molecule has 0 aliphatic carbocycles. The summed E-state index contributed by atoms with van der Waals surface area (Å²) in [6.07, 6.45) is 11.0. The van der Waals surface area contributed by atoms with Crippen LogP contribution in [0, 0.1) is 0 Å². The van der Waals surface area contributed by atoms with Crippen molar-refractivity contribution in [3.63, 3.8) is 0 Å². The Morgan fingerprint density at radius 3 is 2.25 bits per heavy atom. The van der Waals surface area contributed by atoms with Crippen LogP contribution in [-0.2, 0) is 16.0 Å². The summed E-state index contributed by atoms with van der Waals surface area (Å²) >= 11 is 0. The van der Waals surface area contributed by atoms with Gasteiger partial charge in [-0.05, 0) is 56.3 Å². The van der Waals surface area contributed by atoms with Gasteiger partial charge in [-0.3, -0.25) is 14.8 Å². The third kappa shape index (κ3) is 13.1. The maximum Gasteiger partial charge on any atom is 0.335 e. The highest BCUT2D eigenvalue weighted by Gasteiger charge is 2.15. The molecule has 8 heteroatoms. The molecule has 0 bridgehead atoms. The summed E-state index contributed by atoms with van der Waals surface area (Å²) in [5, 5.41) is 20.6. The van der Waals surface area contributed by atoms with Crippen molar-refractivity contribution in [1.82, 2.24) is 10.8 Å². The van der Waals surface area contributed by atoms with E-state index in [0.717, 1.165) is 69.8 Å². The normalized spacial score (nSPS) is 11.7. The summed E-state index contributed by atoms with van der Waals surface area (Å²) in [5.74, 6) is -1.45. The molecule has 8 nitrogen and oxygen atoms in total. The number of carbonyl (C=O) groups is 3. The Bertz CT molecular complexity index is 696. The van der Waals surface area contributed by atoms with Crippen molar-refractivity contribution in [3.05, 3.63) is 35.4 Å². The van der Waals surface area contributed by atoms with E-state index in [1.165, 1.54) is 0 Å². The molecule has 2 amide bonds. The number of carboxylic acids is 1. The zero-order valence-corrected chi connectivity index (χ0v) is 19.0. The van der Waals surface area contributed by atoms with Gasteiger partial charge < -0.3 is 16.2 Å². The number of unbranched alkanes of at least 4 members (excludes halogenated alkanes) is 7. The number of nitrogens with two attached hydrogens (primary N) is 1. The Kier molecular flexibility index (Phi) is 14.8. The van der Waals surface area contributed by atoms with Crippen LogP contribution in [0.2, 0.25) is 0 Å². The third-order valence-corrected chi connectivity index (χ3v) is 5.47. The SMILES string of the molecule is NCCCC[C@H](CC(=O)NO)NC(=O)CCCCCCCCCc1cccc(C(=O)O)c1. The minimum Gasteiger partial charge on any atom is -0.478 e. The minimum absolute atomic E-state index is 0.0583. The van der Waals surface area contributed by atoms with Crippen molar-refractivity contribution < 1.29 is 24.7 Å².